The summed E-state index contributed by atoms with van der Waals surface area (Å²) < 4.78 is 5.53. The summed E-state index contributed by atoms with van der Waals surface area (Å²) >= 11 is 0. The first-order valence-corrected chi connectivity index (χ1v) is 8.49. The molecule has 2 fully saturated rings. The maximum atomic E-state index is 12.3. The molecule has 23 heavy (non-hydrogen) atoms. The van der Waals surface area contributed by atoms with E-state index in [9.17, 15) is 4.79 Å². The molecule has 2 aliphatic heterocycles. The van der Waals surface area contributed by atoms with Crippen molar-refractivity contribution in [1.82, 2.24) is 9.80 Å². The highest BCUT2D eigenvalue weighted by molar-refractivity contribution is 5.68. The second-order valence-electron chi connectivity index (χ2n) is 8.37. The van der Waals surface area contributed by atoms with Gasteiger partial charge in [0.15, 0.2) is 0 Å². The number of carbonyl (C=O) groups is 1. The molecule has 2 saturated heterocycles. The maximum absolute atomic E-state index is 12.3. The molecule has 0 aliphatic carbocycles. The van der Waals surface area contributed by atoms with Crippen molar-refractivity contribution >= 4 is 6.09 Å². The van der Waals surface area contributed by atoms with Crippen LogP contribution in [0.1, 0.15) is 33.3 Å². The van der Waals surface area contributed by atoms with Crippen molar-refractivity contribution < 1.29 is 9.53 Å². The second-order valence-corrected chi connectivity index (χ2v) is 8.37. The normalized spacial score (nSPS) is 28.0. The number of fused-ring (bicyclic) bond motifs is 1. The van der Waals surface area contributed by atoms with Crippen molar-refractivity contribution in [3.8, 4) is 0 Å². The summed E-state index contributed by atoms with van der Waals surface area (Å²) in [6.45, 7) is 12.8. The topological polar surface area (TPSA) is 32.8 Å². The molecule has 0 saturated carbocycles. The van der Waals surface area contributed by atoms with Crippen LogP contribution in [-0.2, 0) is 11.3 Å². The third-order valence-corrected chi connectivity index (χ3v) is 4.94. The van der Waals surface area contributed by atoms with E-state index in [0.29, 0.717) is 5.92 Å². The van der Waals surface area contributed by atoms with Crippen molar-refractivity contribution in [3.63, 3.8) is 0 Å². The number of hydrogen-bond acceptors (Lipinski definition) is 3. The smallest absolute Gasteiger partial charge is 0.410 e. The highest BCUT2D eigenvalue weighted by Crippen LogP contribution is 2.42. The third-order valence-electron chi connectivity index (χ3n) is 4.94. The fourth-order valence-electron chi connectivity index (χ4n) is 3.89. The van der Waals surface area contributed by atoms with Gasteiger partial charge >= 0.3 is 6.09 Å². The Bertz CT molecular complexity index is 566. The van der Waals surface area contributed by atoms with Crippen molar-refractivity contribution in [2.24, 2.45) is 11.3 Å². The summed E-state index contributed by atoms with van der Waals surface area (Å²) in [7, 11) is 0. The molecule has 1 aromatic rings. The van der Waals surface area contributed by atoms with Crippen LogP contribution in [0.15, 0.2) is 30.3 Å². The highest BCUT2D eigenvalue weighted by atomic mass is 16.6. The van der Waals surface area contributed by atoms with E-state index in [1.807, 2.05) is 25.7 Å². The monoisotopic (exact) mass is 316 g/mol. The number of hydrogen-bond donors (Lipinski definition) is 0. The Morgan fingerprint density at radius 2 is 1.91 bits per heavy atom. The lowest BCUT2D eigenvalue weighted by molar-refractivity contribution is 0.0262. The van der Waals surface area contributed by atoms with E-state index in [1.54, 1.807) is 0 Å². The van der Waals surface area contributed by atoms with E-state index in [-0.39, 0.29) is 11.5 Å². The second kappa shape index (κ2) is 5.82. The molecule has 3 rings (SSSR count). The van der Waals surface area contributed by atoms with Gasteiger partial charge in [0.05, 0.1) is 0 Å². The number of carbonyl (C=O) groups excluding carboxylic acids is 1. The van der Waals surface area contributed by atoms with Crippen LogP contribution in [0.5, 0.6) is 0 Å². The molecule has 1 aromatic carbocycles. The van der Waals surface area contributed by atoms with Crippen LogP contribution in [0, 0.1) is 11.3 Å². The molecular formula is C19H28N2O2. The molecule has 1 amide bonds. The summed E-state index contributed by atoms with van der Waals surface area (Å²) in [6, 6.07) is 10.6. The molecule has 2 atom stereocenters. The van der Waals surface area contributed by atoms with E-state index in [2.05, 4.69) is 42.2 Å². The van der Waals surface area contributed by atoms with Crippen LogP contribution in [-0.4, -0.2) is 47.7 Å². The zero-order valence-corrected chi connectivity index (χ0v) is 14.7. The lowest BCUT2D eigenvalue weighted by atomic mass is 9.83. The first-order valence-electron chi connectivity index (χ1n) is 8.49. The van der Waals surface area contributed by atoms with Gasteiger partial charge in [-0.2, -0.15) is 0 Å². The van der Waals surface area contributed by atoms with Crippen LogP contribution in [0.4, 0.5) is 4.79 Å². The summed E-state index contributed by atoms with van der Waals surface area (Å²) in [4.78, 5) is 16.7. The van der Waals surface area contributed by atoms with E-state index in [4.69, 9.17) is 4.74 Å². The molecule has 0 N–H and O–H groups in total. The van der Waals surface area contributed by atoms with E-state index in [0.717, 1.165) is 32.7 Å². The fraction of sp³-hybridized carbons (Fsp3) is 0.632. The van der Waals surface area contributed by atoms with E-state index >= 15 is 0 Å². The summed E-state index contributed by atoms with van der Waals surface area (Å²) in [5.74, 6) is 0.540. The van der Waals surface area contributed by atoms with Crippen molar-refractivity contribution in [3.05, 3.63) is 35.9 Å². The van der Waals surface area contributed by atoms with Crippen LogP contribution in [0.2, 0.25) is 0 Å². The van der Waals surface area contributed by atoms with Gasteiger partial charge in [0.2, 0.25) is 0 Å². The predicted octanol–water partition coefficient (Wildman–Crippen LogP) is 3.38. The Morgan fingerprint density at radius 3 is 2.52 bits per heavy atom. The molecule has 2 aliphatic rings. The average Bonchev–Trinajstić information content (AvgIpc) is 2.89. The minimum Gasteiger partial charge on any atom is -0.444 e. The summed E-state index contributed by atoms with van der Waals surface area (Å²) in [5.41, 5.74) is 1.13. The maximum Gasteiger partial charge on any atom is 0.410 e. The average molecular weight is 316 g/mol. The number of likely N-dealkylation sites (tertiary alicyclic amines) is 2. The Hall–Kier alpha value is -1.55. The third kappa shape index (κ3) is 3.69. The van der Waals surface area contributed by atoms with Crippen molar-refractivity contribution in [2.75, 3.05) is 26.2 Å². The standard InChI is InChI=1S/C19H28N2O2/c1-18(2,3)23-17(22)21-12-16-11-20(13-19(16,4)14-21)10-15-8-6-5-7-9-15/h5-9,16H,10-14H2,1-4H3/t16-,19-/m1/s1. The Morgan fingerprint density at radius 1 is 1.22 bits per heavy atom. The number of ether oxygens (including phenoxy) is 1. The number of amides is 1. The molecule has 0 aromatic heterocycles. The zero-order chi connectivity index (χ0) is 16.7. The van der Waals surface area contributed by atoms with Gasteiger partial charge < -0.3 is 9.64 Å². The first kappa shape index (κ1) is 16.3. The Balaban J connectivity index is 1.59. The van der Waals surface area contributed by atoms with Crippen LogP contribution < -0.4 is 0 Å². The Kier molecular flexibility index (Phi) is 4.13. The lowest BCUT2D eigenvalue weighted by Crippen LogP contribution is -2.38. The minimum atomic E-state index is -0.422. The SMILES string of the molecule is CC(C)(C)OC(=O)N1C[C@H]2CN(Cc3ccccc3)C[C@]2(C)C1. The quantitative estimate of drug-likeness (QED) is 0.838. The first-order chi connectivity index (χ1) is 10.8. The highest BCUT2D eigenvalue weighted by Gasteiger charge is 2.50. The van der Waals surface area contributed by atoms with E-state index < -0.39 is 5.60 Å². The lowest BCUT2D eigenvalue weighted by Gasteiger charge is -2.27. The molecule has 4 nitrogen and oxygen atoms in total. The van der Waals surface area contributed by atoms with Gasteiger partial charge in [-0.25, -0.2) is 4.79 Å². The summed E-state index contributed by atoms with van der Waals surface area (Å²) in [5, 5.41) is 0. The number of rotatable bonds is 2. The fourth-order valence-corrected chi connectivity index (χ4v) is 3.89. The van der Waals surface area contributed by atoms with Gasteiger partial charge in [0, 0.05) is 38.1 Å². The molecule has 0 spiro atoms. The van der Waals surface area contributed by atoms with Crippen LogP contribution in [0.25, 0.3) is 0 Å². The van der Waals surface area contributed by atoms with Gasteiger partial charge in [0.1, 0.15) is 5.60 Å². The van der Waals surface area contributed by atoms with Gasteiger partial charge in [-0.15, -0.1) is 0 Å². The molecular weight excluding hydrogens is 288 g/mol. The number of nitrogens with zero attached hydrogens (tertiary/aromatic N) is 2. The predicted molar refractivity (Wildman–Crippen MR) is 91.1 cm³/mol. The van der Waals surface area contributed by atoms with Gasteiger partial charge in [0.25, 0.3) is 0 Å². The molecule has 0 bridgehead atoms. The molecule has 126 valence electrons. The molecule has 2 heterocycles. The zero-order valence-electron chi connectivity index (χ0n) is 14.7. The molecule has 0 radical (unpaired) electrons. The van der Waals surface area contributed by atoms with Gasteiger partial charge in [-0.05, 0) is 32.3 Å². The van der Waals surface area contributed by atoms with Crippen molar-refractivity contribution in [1.29, 1.82) is 0 Å². The Labute approximate surface area is 139 Å². The van der Waals surface area contributed by atoms with Gasteiger partial charge in [-0.3, -0.25) is 4.90 Å². The van der Waals surface area contributed by atoms with Crippen LogP contribution >= 0.6 is 0 Å². The van der Waals surface area contributed by atoms with Crippen molar-refractivity contribution in [2.45, 2.75) is 39.8 Å². The minimum absolute atomic E-state index is 0.164. The van der Waals surface area contributed by atoms with E-state index in [1.165, 1.54) is 5.56 Å². The molecule has 0 unspecified atom stereocenters. The largest absolute Gasteiger partial charge is 0.444 e. The van der Waals surface area contributed by atoms with Gasteiger partial charge in [-0.1, -0.05) is 37.3 Å². The molecule has 4 heteroatoms. The number of benzene rings is 1. The summed E-state index contributed by atoms with van der Waals surface area (Å²) in [6.07, 6.45) is -0.164. The van der Waals surface area contributed by atoms with Crippen LogP contribution in [0.3, 0.4) is 0 Å².